The summed E-state index contributed by atoms with van der Waals surface area (Å²) in [6.07, 6.45) is 4.97. The fourth-order valence-electron chi connectivity index (χ4n) is 3.77. The van der Waals surface area contributed by atoms with Crippen molar-refractivity contribution in [1.82, 2.24) is 10.2 Å². The second kappa shape index (κ2) is 12.6. The van der Waals surface area contributed by atoms with Crippen molar-refractivity contribution in [1.29, 1.82) is 0 Å². The lowest BCUT2D eigenvalue weighted by Gasteiger charge is -2.22. The molecule has 1 N–H and O–H groups in total. The van der Waals surface area contributed by atoms with E-state index in [1.165, 1.54) is 12.0 Å². The van der Waals surface area contributed by atoms with Crippen molar-refractivity contribution in [3.63, 3.8) is 0 Å². The van der Waals surface area contributed by atoms with E-state index in [-0.39, 0.29) is 24.0 Å². The third-order valence-corrected chi connectivity index (χ3v) is 5.11. The molecule has 152 valence electrons. The summed E-state index contributed by atoms with van der Waals surface area (Å²) in [5, 5.41) is 3.44. The molecule has 0 aromatic heterocycles. The van der Waals surface area contributed by atoms with Gasteiger partial charge in [-0.05, 0) is 44.1 Å². The van der Waals surface area contributed by atoms with Crippen molar-refractivity contribution in [3.8, 4) is 0 Å². The molecule has 0 radical (unpaired) electrons. The maximum atomic E-state index is 5.73. The molecule has 5 nitrogen and oxygen atoms in total. The first-order valence-electron chi connectivity index (χ1n) is 10.1. The highest BCUT2D eigenvalue weighted by atomic mass is 127. The number of guanidine groups is 1. The van der Waals surface area contributed by atoms with Gasteiger partial charge in [0.1, 0.15) is 0 Å². The molecule has 1 aromatic rings. The summed E-state index contributed by atoms with van der Waals surface area (Å²) in [5.74, 6) is 1.74. The van der Waals surface area contributed by atoms with E-state index in [0.29, 0.717) is 31.8 Å². The summed E-state index contributed by atoms with van der Waals surface area (Å²) in [6.45, 7) is 8.14. The van der Waals surface area contributed by atoms with Crippen LogP contribution in [0.3, 0.4) is 0 Å². The van der Waals surface area contributed by atoms with Crippen LogP contribution in [0.15, 0.2) is 35.3 Å². The molecular weight excluding hydrogens is 453 g/mol. The quantitative estimate of drug-likeness (QED) is 0.265. The standard InChI is InChI=1S/C21H33N3O2.HI/c1-2-22-21(23-11-14-25-17-20-9-6-13-26-20)24-12-10-19(16-24)15-18-7-4-3-5-8-18;/h3-5,7-8,19-20H,2,6,9-17H2,1H3,(H,22,23);1H. The molecule has 0 bridgehead atoms. The van der Waals surface area contributed by atoms with Gasteiger partial charge >= 0.3 is 0 Å². The molecule has 2 unspecified atom stereocenters. The second-order valence-electron chi connectivity index (χ2n) is 7.24. The van der Waals surface area contributed by atoms with Gasteiger partial charge in [-0.25, -0.2) is 0 Å². The highest BCUT2D eigenvalue weighted by Crippen LogP contribution is 2.21. The van der Waals surface area contributed by atoms with Gasteiger partial charge in [0.25, 0.3) is 0 Å². The van der Waals surface area contributed by atoms with Gasteiger partial charge in [-0.1, -0.05) is 30.3 Å². The first-order chi connectivity index (χ1) is 12.8. The molecule has 2 fully saturated rings. The summed E-state index contributed by atoms with van der Waals surface area (Å²) in [5.41, 5.74) is 1.43. The first-order valence-corrected chi connectivity index (χ1v) is 10.1. The topological polar surface area (TPSA) is 46.1 Å². The number of rotatable bonds is 8. The van der Waals surface area contributed by atoms with Crippen molar-refractivity contribution < 1.29 is 9.47 Å². The lowest BCUT2D eigenvalue weighted by Crippen LogP contribution is -2.40. The fourth-order valence-corrected chi connectivity index (χ4v) is 3.77. The molecule has 0 amide bonds. The molecule has 0 spiro atoms. The number of nitrogens with zero attached hydrogens (tertiary/aromatic N) is 2. The van der Waals surface area contributed by atoms with Crippen LogP contribution in [-0.2, 0) is 15.9 Å². The highest BCUT2D eigenvalue weighted by molar-refractivity contribution is 14.0. The average Bonchev–Trinajstić information content (AvgIpc) is 3.33. The minimum Gasteiger partial charge on any atom is -0.377 e. The number of aliphatic imine (C=N–C) groups is 1. The second-order valence-corrected chi connectivity index (χ2v) is 7.24. The number of ether oxygens (including phenoxy) is 2. The Bertz CT molecular complexity index is 550. The predicted octanol–water partition coefficient (Wildman–Crippen LogP) is 3.33. The van der Waals surface area contributed by atoms with Crippen LogP contribution in [0.1, 0.15) is 31.7 Å². The van der Waals surface area contributed by atoms with Crippen LogP contribution in [-0.4, -0.2) is 63.0 Å². The molecule has 2 saturated heterocycles. The van der Waals surface area contributed by atoms with Crippen molar-refractivity contribution in [3.05, 3.63) is 35.9 Å². The van der Waals surface area contributed by atoms with E-state index in [1.54, 1.807) is 0 Å². The number of hydrogen-bond acceptors (Lipinski definition) is 3. The van der Waals surface area contributed by atoms with Crippen LogP contribution in [0.25, 0.3) is 0 Å². The Morgan fingerprint density at radius 3 is 2.89 bits per heavy atom. The van der Waals surface area contributed by atoms with Gasteiger partial charge < -0.3 is 19.7 Å². The van der Waals surface area contributed by atoms with E-state index < -0.39 is 0 Å². The van der Waals surface area contributed by atoms with Crippen molar-refractivity contribution in [2.45, 2.75) is 38.7 Å². The molecule has 2 heterocycles. The SMILES string of the molecule is CCNC(=NCCOCC1CCCO1)N1CCC(Cc2ccccc2)C1.I. The zero-order valence-corrected chi connectivity index (χ0v) is 18.8. The van der Waals surface area contributed by atoms with Crippen molar-refractivity contribution in [2.24, 2.45) is 10.9 Å². The lowest BCUT2D eigenvalue weighted by molar-refractivity contribution is 0.0199. The van der Waals surface area contributed by atoms with Gasteiger partial charge in [0.2, 0.25) is 0 Å². The summed E-state index contributed by atoms with van der Waals surface area (Å²) in [4.78, 5) is 7.17. The van der Waals surface area contributed by atoms with E-state index >= 15 is 0 Å². The van der Waals surface area contributed by atoms with E-state index in [9.17, 15) is 0 Å². The predicted molar refractivity (Wildman–Crippen MR) is 121 cm³/mol. The Morgan fingerprint density at radius 2 is 2.15 bits per heavy atom. The van der Waals surface area contributed by atoms with Crippen LogP contribution in [0.4, 0.5) is 0 Å². The lowest BCUT2D eigenvalue weighted by atomic mass is 9.99. The first kappa shape index (κ1) is 22.4. The van der Waals surface area contributed by atoms with E-state index in [4.69, 9.17) is 14.5 Å². The van der Waals surface area contributed by atoms with Crippen LogP contribution < -0.4 is 5.32 Å². The van der Waals surface area contributed by atoms with Crippen molar-refractivity contribution in [2.75, 3.05) is 46.0 Å². The van der Waals surface area contributed by atoms with E-state index in [0.717, 1.165) is 51.5 Å². The number of halogens is 1. The fraction of sp³-hybridized carbons (Fsp3) is 0.667. The molecule has 2 aliphatic rings. The monoisotopic (exact) mass is 487 g/mol. The maximum Gasteiger partial charge on any atom is 0.194 e. The van der Waals surface area contributed by atoms with Gasteiger partial charge in [-0.15, -0.1) is 24.0 Å². The molecule has 0 saturated carbocycles. The zero-order chi connectivity index (χ0) is 18.0. The normalized spacial score (nSPS) is 22.7. The molecule has 0 aliphatic carbocycles. The Kier molecular flexibility index (Phi) is 10.4. The Morgan fingerprint density at radius 1 is 1.30 bits per heavy atom. The van der Waals surface area contributed by atoms with E-state index in [1.807, 2.05) is 0 Å². The molecular formula is C21H34IN3O2. The van der Waals surface area contributed by atoms with Gasteiger partial charge in [-0.2, -0.15) is 0 Å². The number of likely N-dealkylation sites (tertiary alicyclic amines) is 1. The third-order valence-electron chi connectivity index (χ3n) is 5.11. The van der Waals surface area contributed by atoms with Crippen molar-refractivity contribution >= 4 is 29.9 Å². The van der Waals surface area contributed by atoms with Gasteiger partial charge in [-0.3, -0.25) is 4.99 Å². The molecule has 27 heavy (non-hydrogen) atoms. The largest absolute Gasteiger partial charge is 0.377 e. The smallest absolute Gasteiger partial charge is 0.194 e. The summed E-state index contributed by atoms with van der Waals surface area (Å²) < 4.78 is 11.3. The van der Waals surface area contributed by atoms with Gasteiger partial charge in [0.05, 0.1) is 25.9 Å². The molecule has 1 aromatic carbocycles. The third kappa shape index (κ3) is 7.58. The highest BCUT2D eigenvalue weighted by Gasteiger charge is 2.24. The zero-order valence-electron chi connectivity index (χ0n) is 16.4. The maximum absolute atomic E-state index is 5.73. The minimum absolute atomic E-state index is 0. The Hall–Kier alpha value is -0.860. The van der Waals surface area contributed by atoms with Crippen LogP contribution >= 0.6 is 24.0 Å². The van der Waals surface area contributed by atoms with Crippen LogP contribution in [0, 0.1) is 5.92 Å². The minimum atomic E-state index is 0. The van der Waals surface area contributed by atoms with Gasteiger partial charge in [0, 0.05) is 26.2 Å². The Balaban J connectivity index is 0.00000261. The molecule has 6 heteroatoms. The molecule has 3 rings (SSSR count). The summed E-state index contributed by atoms with van der Waals surface area (Å²) >= 11 is 0. The van der Waals surface area contributed by atoms with Crippen LogP contribution in [0.5, 0.6) is 0 Å². The number of benzene rings is 1. The molecule has 2 atom stereocenters. The van der Waals surface area contributed by atoms with Gasteiger partial charge in [0.15, 0.2) is 5.96 Å². The number of hydrogen-bond donors (Lipinski definition) is 1. The number of nitrogens with one attached hydrogen (secondary N) is 1. The Labute approximate surface area is 180 Å². The summed E-state index contributed by atoms with van der Waals surface area (Å²) in [7, 11) is 0. The molecule has 2 aliphatic heterocycles. The van der Waals surface area contributed by atoms with Crippen LogP contribution in [0.2, 0.25) is 0 Å². The average molecular weight is 487 g/mol. The van der Waals surface area contributed by atoms with E-state index in [2.05, 4.69) is 47.5 Å². The summed E-state index contributed by atoms with van der Waals surface area (Å²) in [6, 6.07) is 10.8.